The van der Waals surface area contributed by atoms with Gasteiger partial charge in [-0.1, -0.05) is 0 Å². The largest absolute Gasteiger partial charge is 2.00 e. The molecule has 0 aromatic rings. The molecular weight excluding hydrogens is 802 g/mol. The van der Waals surface area contributed by atoms with Gasteiger partial charge < -0.3 is 62.5 Å². The molecule has 0 bridgehead atoms. The second kappa shape index (κ2) is 16.1. The van der Waals surface area contributed by atoms with E-state index in [0.717, 1.165) is 51.4 Å². The molecule has 0 atom stereocenters. The van der Waals surface area contributed by atoms with E-state index >= 15 is 0 Å². The van der Waals surface area contributed by atoms with Crippen molar-refractivity contribution in [3.63, 3.8) is 0 Å². The second-order valence-corrected chi connectivity index (χ2v) is 11.1. The van der Waals surface area contributed by atoms with Crippen LogP contribution in [0.4, 0.5) is 0 Å². The number of nitrogens with two attached hydrogens (primary N) is 5. The van der Waals surface area contributed by atoms with Crippen molar-refractivity contribution in [1.29, 1.82) is 0 Å². The normalized spacial score (nSPS) is 27.1. The van der Waals surface area contributed by atoms with E-state index in [0.29, 0.717) is 24.2 Å². The van der Waals surface area contributed by atoms with Gasteiger partial charge >= 0.3 is 42.1 Å². The maximum Gasteiger partial charge on any atom is 2.00 e. The minimum absolute atomic E-state index is 0. The molecule has 12 nitrogen and oxygen atoms in total. The summed E-state index contributed by atoms with van der Waals surface area (Å²) in [4.78, 5) is 40.4. The molecule has 11 N–H and O–H groups in total. The zero-order valence-corrected chi connectivity index (χ0v) is 22.8. The average Bonchev–Trinajstić information content (AvgIpc) is 2.58. The van der Waals surface area contributed by atoms with Crippen LogP contribution in [0.25, 0.3) is 0 Å². The summed E-state index contributed by atoms with van der Waals surface area (Å²) < 4.78 is 20.2. The molecule has 2 rings (SSSR count). The molecule has 2 fully saturated rings. The van der Waals surface area contributed by atoms with E-state index in [1.807, 2.05) is 0 Å². The summed E-state index contributed by atoms with van der Waals surface area (Å²) in [5, 5.41) is 4.68. The van der Waals surface area contributed by atoms with E-state index in [9.17, 15) is 28.7 Å². The fourth-order valence-corrected chi connectivity index (χ4v) is 4.31. The molecule has 186 valence electrons. The van der Waals surface area contributed by atoms with E-state index in [2.05, 4.69) is 5.73 Å². The summed E-state index contributed by atoms with van der Waals surface area (Å²) in [6, 6.07) is 1.76. The van der Waals surface area contributed by atoms with Gasteiger partial charge in [0.1, 0.15) is 5.08 Å². The molecular formula is C14H33N5O7P2Pt2. The molecule has 0 heterocycles. The minimum Gasteiger partial charge on any atom is -0.808 e. The first-order valence-electron chi connectivity index (χ1n) is 9.13. The quantitative estimate of drug-likeness (QED) is 0.148. The Hall–Kier alpha value is 1.44. The Bertz CT molecular complexity index is 477. The predicted octanol–water partition coefficient (Wildman–Crippen LogP) is -4.16. The fraction of sp³-hybridized carbons (Fsp3) is 1.00. The van der Waals surface area contributed by atoms with E-state index in [1.54, 1.807) is 0 Å². The monoisotopic (exact) mass is 835 g/mol. The zero-order chi connectivity index (χ0) is 22.2. The van der Waals surface area contributed by atoms with Crippen LogP contribution in [0.5, 0.6) is 0 Å². The van der Waals surface area contributed by atoms with E-state index in [4.69, 9.17) is 28.0 Å². The van der Waals surface area contributed by atoms with Gasteiger partial charge in [-0.2, -0.15) is 0 Å². The number of rotatable bonds is 3. The number of hydrogen-bond donors (Lipinski definition) is 6. The third-order valence-corrected chi connectivity index (χ3v) is 8.37. The third kappa shape index (κ3) is 13.2. The molecule has 0 unspecified atom stereocenters. The first-order chi connectivity index (χ1) is 12.6. The van der Waals surface area contributed by atoms with Crippen molar-refractivity contribution >= 4 is 15.2 Å². The SMILES string of the molecule is NC1CCC(N)CC1.NC1CCC(N)CC1.NCC(O)(P(=O)([O-])[O-])P(=O)([O-])[O-].[Pt+2].[Pt+2]. The molecule has 2 saturated carbocycles. The van der Waals surface area contributed by atoms with Crippen LogP contribution >= 0.6 is 15.2 Å². The van der Waals surface area contributed by atoms with Crippen LogP contribution in [-0.4, -0.2) is 40.9 Å². The Labute approximate surface area is 206 Å². The van der Waals surface area contributed by atoms with Crippen molar-refractivity contribution in [2.24, 2.45) is 28.7 Å². The van der Waals surface area contributed by atoms with Gasteiger partial charge in [0.05, 0.1) is 0 Å². The van der Waals surface area contributed by atoms with Crippen molar-refractivity contribution in [2.75, 3.05) is 6.54 Å². The van der Waals surface area contributed by atoms with Crippen LogP contribution in [0, 0.1) is 0 Å². The van der Waals surface area contributed by atoms with Gasteiger partial charge in [-0.25, -0.2) is 0 Å². The molecule has 0 amide bonds. The molecule has 30 heavy (non-hydrogen) atoms. The Kier molecular flexibility index (Phi) is 19.4. The summed E-state index contributed by atoms with van der Waals surface area (Å²) >= 11 is 0. The number of aliphatic hydroxyl groups is 1. The first kappa shape index (κ1) is 36.0. The smallest absolute Gasteiger partial charge is 0.808 e. The van der Waals surface area contributed by atoms with E-state index in [1.165, 1.54) is 0 Å². The van der Waals surface area contributed by atoms with Crippen LogP contribution in [0.3, 0.4) is 0 Å². The van der Waals surface area contributed by atoms with Crippen LogP contribution in [-0.2, 0) is 51.3 Å². The maximum absolute atomic E-state index is 10.1. The van der Waals surface area contributed by atoms with Gasteiger partial charge in [-0.3, -0.25) is 0 Å². The van der Waals surface area contributed by atoms with E-state index < -0.39 is 26.8 Å². The standard InChI is InChI=1S/2C6H14N2.C2H9NO7P2.2Pt/c2*7-5-1-2-6(8)4-3-5;3-1-2(4,11(5,6)7)12(8,9)10;;/h2*5-6H,1-4,7-8H2;4H,1,3H2,(H2,5,6,7)(H2,8,9,10);;/q;;;2*+2/p-4. The number of hydrogen-bond acceptors (Lipinski definition) is 12. The molecule has 0 aliphatic heterocycles. The van der Waals surface area contributed by atoms with Gasteiger partial charge in [-0.15, -0.1) is 0 Å². The minimum atomic E-state index is -5.97. The third-order valence-electron chi connectivity index (χ3n) is 4.78. The van der Waals surface area contributed by atoms with Gasteiger partial charge in [-0.05, 0) is 66.6 Å². The van der Waals surface area contributed by atoms with Crippen LogP contribution in [0.2, 0.25) is 0 Å². The first-order valence-corrected chi connectivity index (χ1v) is 12.2. The molecule has 2 aliphatic carbocycles. The van der Waals surface area contributed by atoms with Crippen LogP contribution < -0.4 is 48.2 Å². The van der Waals surface area contributed by atoms with Gasteiger partial charge in [0.2, 0.25) is 0 Å². The fourth-order valence-electron chi connectivity index (χ4n) is 2.66. The summed E-state index contributed by atoms with van der Waals surface area (Å²) in [6.45, 7) is -1.47. The van der Waals surface area contributed by atoms with Gasteiger partial charge in [0.25, 0.3) is 0 Å². The summed E-state index contributed by atoms with van der Waals surface area (Å²) in [6.07, 6.45) is 9.01. The van der Waals surface area contributed by atoms with Crippen molar-refractivity contribution < 1.29 is 75.9 Å². The van der Waals surface area contributed by atoms with Crippen LogP contribution in [0.1, 0.15) is 51.4 Å². The second-order valence-electron chi connectivity index (χ2n) is 7.32. The van der Waals surface area contributed by atoms with Crippen LogP contribution in [0.15, 0.2) is 0 Å². The summed E-state index contributed by atoms with van der Waals surface area (Å²) in [5.41, 5.74) is 27.1. The molecule has 0 radical (unpaired) electrons. The van der Waals surface area contributed by atoms with Gasteiger partial charge in [0.15, 0.2) is 0 Å². The molecule has 2 aliphatic rings. The summed E-state index contributed by atoms with van der Waals surface area (Å²) in [5.74, 6) is 0. The summed E-state index contributed by atoms with van der Waals surface area (Å²) in [7, 11) is -11.9. The molecule has 0 aromatic heterocycles. The zero-order valence-electron chi connectivity index (χ0n) is 16.5. The Balaban J connectivity index is -0.000000361. The van der Waals surface area contributed by atoms with Gasteiger partial charge in [0, 0.05) is 30.7 Å². The molecule has 0 spiro atoms. The topological polar surface area (TPSA) is 277 Å². The Morgan fingerprint density at radius 1 is 0.667 bits per heavy atom. The Morgan fingerprint density at radius 2 is 0.833 bits per heavy atom. The maximum atomic E-state index is 10.1. The van der Waals surface area contributed by atoms with Crippen molar-refractivity contribution in [1.82, 2.24) is 0 Å². The molecule has 16 heteroatoms. The van der Waals surface area contributed by atoms with Crippen molar-refractivity contribution in [3.05, 3.63) is 0 Å². The molecule has 0 saturated heterocycles. The van der Waals surface area contributed by atoms with Crippen molar-refractivity contribution in [2.45, 2.75) is 80.6 Å². The Morgan fingerprint density at radius 3 is 0.900 bits per heavy atom. The molecule has 0 aromatic carbocycles. The predicted molar refractivity (Wildman–Crippen MR) is 98.1 cm³/mol. The average molecular weight is 836 g/mol. The van der Waals surface area contributed by atoms with Crippen molar-refractivity contribution in [3.8, 4) is 0 Å². The van der Waals surface area contributed by atoms with E-state index in [-0.39, 0.29) is 42.1 Å².